The third-order valence-electron chi connectivity index (χ3n) is 1.44. The molecule has 0 aromatic rings. The average Bonchev–Trinajstić information content (AvgIpc) is 2.18. The molecule has 0 aromatic heterocycles. The molecule has 0 saturated heterocycles. The maximum Gasteiger partial charge on any atom is 2.00 e. The quantitative estimate of drug-likeness (QED) is 0.397. The smallest absolute Gasteiger partial charge is 0.550 e. The fraction of sp³-hybridized carbons (Fsp3) is 0.800. The van der Waals surface area contributed by atoms with Crippen molar-refractivity contribution in [2.45, 2.75) is 39.5 Å². The molecule has 0 aliphatic heterocycles. The van der Waals surface area contributed by atoms with Gasteiger partial charge in [0.2, 0.25) is 0 Å². The second-order valence-corrected chi connectivity index (χ2v) is 2.90. The van der Waals surface area contributed by atoms with E-state index in [-0.39, 0.29) is 32.7 Å². The van der Waals surface area contributed by atoms with Crippen LogP contribution in [-0.2, 0) is 29.0 Å². The zero-order valence-corrected chi connectivity index (χ0v) is 13.4. The topological polar surface area (TPSA) is 98.7 Å². The van der Waals surface area contributed by atoms with Gasteiger partial charge in [0.1, 0.15) is 0 Å². The molecule has 7 heteroatoms. The van der Waals surface area contributed by atoms with Gasteiger partial charge in [0.25, 0.3) is 12.3 Å². The van der Waals surface area contributed by atoms with Crippen LogP contribution in [0, 0.1) is 0 Å². The largest absolute Gasteiger partial charge is 2.00 e. The Morgan fingerprint density at radius 1 is 0.882 bits per heavy atom. The molecule has 96 valence electrons. The van der Waals surface area contributed by atoms with Gasteiger partial charge in [0, 0.05) is 13.2 Å². The molecule has 0 N–H and O–H groups in total. The Balaban J connectivity index is -0.000000218. The number of unbranched alkanes of at least 4 members (excludes halogenated alkanes) is 2. The molecular formula is C10H18O6Zn. The van der Waals surface area contributed by atoms with Crippen molar-refractivity contribution in [2.24, 2.45) is 0 Å². The van der Waals surface area contributed by atoms with E-state index < -0.39 is 12.3 Å². The van der Waals surface area contributed by atoms with Crippen molar-refractivity contribution < 1.29 is 48.8 Å². The summed E-state index contributed by atoms with van der Waals surface area (Å²) in [6, 6.07) is 0. The average molecular weight is 300 g/mol. The summed E-state index contributed by atoms with van der Waals surface area (Å²) in [5, 5.41) is 19.1. The molecule has 0 heterocycles. The Labute approximate surface area is 114 Å². The van der Waals surface area contributed by atoms with Gasteiger partial charge in [-0.15, -0.1) is 0 Å². The van der Waals surface area contributed by atoms with Gasteiger partial charge in [0.05, 0.1) is 0 Å². The Morgan fingerprint density at radius 2 is 1.18 bits per heavy atom. The van der Waals surface area contributed by atoms with Crippen LogP contribution in [0.1, 0.15) is 39.5 Å². The first-order valence-corrected chi connectivity index (χ1v) is 5.22. The van der Waals surface area contributed by atoms with Crippen molar-refractivity contribution in [3.8, 4) is 0 Å². The molecular weight excluding hydrogens is 281 g/mol. The minimum Gasteiger partial charge on any atom is -0.550 e. The van der Waals surface area contributed by atoms with E-state index in [1.807, 2.05) is 13.8 Å². The molecule has 6 nitrogen and oxygen atoms in total. The molecule has 17 heavy (non-hydrogen) atoms. The number of hydrogen-bond donors (Lipinski definition) is 0. The SMILES string of the molecule is CCCCOC(=O)[O-].CCCCOC(=O)[O-].[Zn+2]. The molecule has 0 fully saturated rings. The van der Waals surface area contributed by atoms with Crippen LogP contribution in [0.3, 0.4) is 0 Å². The Kier molecular flexibility index (Phi) is 22.1. The van der Waals surface area contributed by atoms with Gasteiger partial charge in [-0.25, -0.2) is 0 Å². The monoisotopic (exact) mass is 298 g/mol. The Hall–Kier alpha value is -0.837. The van der Waals surface area contributed by atoms with Gasteiger partial charge in [-0.1, -0.05) is 26.7 Å². The molecule has 0 atom stereocenters. The standard InChI is InChI=1S/2C5H10O3.Zn/c2*1-2-3-4-8-5(6)7;/h2*2-4H2,1H3,(H,6,7);/q;;+2/p-2. The molecule has 0 spiro atoms. The van der Waals surface area contributed by atoms with Crippen molar-refractivity contribution in [1.82, 2.24) is 0 Å². The third kappa shape index (κ3) is 31.3. The fourth-order valence-corrected chi connectivity index (χ4v) is 0.600. The number of carboxylic acid groups (broad SMARTS) is 2. The predicted molar refractivity (Wildman–Crippen MR) is 52.5 cm³/mol. The molecule has 0 aliphatic rings. The van der Waals surface area contributed by atoms with Crippen molar-refractivity contribution in [1.29, 1.82) is 0 Å². The number of carbonyl (C=O) groups excluding carboxylic acids is 2. The summed E-state index contributed by atoms with van der Waals surface area (Å²) in [6.07, 6.45) is 0.555. The second kappa shape index (κ2) is 17.6. The van der Waals surface area contributed by atoms with Crippen molar-refractivity contribution in [3.05, 3.63) is 0 Å². The Bertz CT molecular complexity index is 166. The first-order chi connectivity index (χ1) is 7.54. The molecule has 0 radical (unpaired) electrons. The third-order valence-corrected chi connectivity index (χ3v) is 1.44. The van der Waals surface area contributed by atoms with Gasteiger partial charge in [-0.2, -0.15) is 0 Å². The number of carbonyl (C=O) groups is 2. The number of rotatable bonds is 6. The predicted octanol–water partition coefficient (Wildman–Crippen LogP) is 0.290. The van der Waals surface area contributed by atoms with Crippen LogP contribution in [0.25, 0.3) is 0 Å². The van der Waals surface area contributed by atoms with E-state index in [4.69, 9.17) is 0 Å². The minimum absolute atomic E-state index is 0. The molecule has 0 unspecified atom stereocenters. The minimum atomic E-state index is -1.43. The molecule has 0 aliphatic carbocycles. The zero-order valence-electron chi connectivity index (χ0n) is 10.4. The van der Waals surface area contributed by atoms with E-state index in [0.717, 1.165) is 25.7 Å². The van der Waals surface area contributed by atoms with Gasteiger partial charge < -0.3 is 29.3 Å². The summed E-state index contributed by atoms with van der Waals surface area (Å²) in [4.78, 5) is 19.1. The zero-order chi connectivity index (χ0) is 12.8. The normalized spacial score (nSPS) is 8.12. The van der Waals surface area contributed by atoms with Crippen LogP contribution < -0.4 is 10.2 Å². The van der Waals surface area contributed by atoms with Crippen LogP contribution in [0.4, 0.5) is 9.59 Å². The summed E-state index contributed by atoms with van der Waals surface area (Å²) < 4.78 is 8.18. The summed E-state index contributed by atoms with van der Waals surface area (Å²) in [5.41, 5.74) is 0. The molecule has 0 bridgehead atoms. The number of ether oxygens (including phenoxy) is 2. The maximum atomic E-state index is 9.54. The summed E-state index contributed by atoms with van der Waals surface area (Å²) in [5.74, 6) is 0. The molecule has 0 saturated carbocycles. The van der Waals surface area contributed by atoms with E-state index in [1.54, 1.807) is 0 Å². The first-order valence-electron chi connectivity index (χ1n) is 5.22. The van der Waals surface area contributed by atoms with Crippen LogP contribution in [0.2, 0.25) is 0 Å². The number of hydrogen-bond acceptors (Lipinski definition) is 6. The van der Waals surface area contributed by atoms with E-state index in [2.05, 4.69) is 9.47 Å². The Morgan fingerprint density at radius 3 is 1.35 bits per heavy atom. The summed E-state index contributed by atoms with van der Waals surface area (Å²) in [6.45, 7) is 4.44. The van der Waals surface area contributed by atoms with E-state index >= 15 is 0 Å². The van der Waals surface area contributed by atoms with Gasteiger partial charge in [-0.05, 0) is 12.8 Å². The van der Waals surface area contributed by atoms with E-state index in [0.29, 0.717) is 0 Å². The van der Waals surface area contributed by atoms with Crippen LogP contribution >= 0.6 is 0 Å². The molecule has 0 aromatic carbocycles. The summed E-state index contributed by atoms with van der Waals surface area (Å²) >= 11 is 0. The van der Waals surface area contributed by atoms with Crippen molar-refractivity contribution in [2.75, 3.05) is 13.2 Å². The maximum absolute atomic E-state index is 9.54. The van der Waals surface area contributed by atoms with E-state index in [9.17, 15) is 19.8 Å². The van der Waals surface area contributed by atoms with Crippen molar-refractivity contribution in [3.63, 3.8) is 0 Å². The first kappa shape index (κ1) is 21.4. The van der Waals surface area contributed by atoms with Crippen LogP contribution in [0.15, 0.2) is 0 Å². The van der Waals surface area contributed by atoms with Crippen LogP contribution in [0.5, 0.6) is 0 Å². The van der Waals surface area contributed by atoms with Gasteiger partial charge in [0.15, 0.2) is 0 Å². The van der Waals surface area contributed by atoms with Crippen molar-refractivity contribution >= 4 is 12.3 Å². The van der Waals surface area contributed by atoms with Gasteiger partial charge in [-0.3, -0.25) is 0 Å². The van der Waals surface area contributed by atoms with E-state index in [1.165, 1.54) is 0 Å². The second-order valence-electron chi connectivity index (χ2n) is 2.90. The molecule has 0 rings (SSSR count). The summed E-state index contributed by atoms with van der Waals surface area (Å²) in [7, 11) is 0. The molecule has 0 amide bonds. The fourth-order valence-electron chi connectivity index (χ4n) is 0.600. The van der Waals surface area contributed by atoms with Gasteiger partial charge >= 0.3 is 19.5 Å². The van der Waals surface area contributed by atoms with Crippen LogP contribution in [-0.4, -0.2) is 25.5 Å².